The van der Waals surface area contributed by atoms with Crippen LogP contribution in [-0.2, 0) is 4.79 Å². The Hall–Kier alpha value is -3.13. The zero-order valence-corrected chi connectivity index (χ0v) is 13.7. The molecule has 0 saturated carbocycles. The number of carbonyl (C=O) groups excluding carboxylic acids is 1. The number of carbonyl (C=O) groups is 1. The summed E-state index contributed by atoms with van der Waals surface area (Å²) >= 11 is 0. The van der Waals surface area contributed by atoms with E-state index in [-0.39, 0.29) is 11.8 Å². The van der Waals surface area contributed by atoms with Crippen molar-refractivity contribution in [2.24, 2.45) is 0 Å². The fourth-order valence-electron chi connectivity index (χ4n) is 3.93. The lowest BCUT2D eigenvalue weighted by Gasteiger charge is -2.27. The summed E-state index contributed by atoms with van der Waals surface area (Å²) in [5.41, 5.74) is 3.37. The molecule has 0 aromatic heterocycles. The first-order valence-electron chi connectivity index (χ1n) is 8.60. The molecular weight excluding hydrogens is 306 g/mol. The first kappa shape index (κ1) is 14.2. The first-order chi connectivity index (χ1) is 12.3. The molecule has 4 aromatic carbocycles. The van der Waals surface area contributed by atoms with Crippen molar-refractivity contribution in [2.45, 2.75) is 12.3 Å². The van der Waals surface area contributed by atoms with Gasteiger partial charge in [0.15, 0.2) is 0 Å². The Morgan fingerprint density at radius 3 is 2.36 bits per heavy atom. The number of hydrogen-bond donors (Lipinski definition) is 1. The van der Waals surface area contributed by atoms with Crippen molar-refractivity contribution in [3.05, 3.63) is 90.0 Å². The zero-order chi connectivity index (χ0) is 16.8. The van der Waals surface area contributed by atoms with Crippen LogP contribution in [0.4, 0.5) is 5.69 Å². The Morgan fingerprint density at radius 2 is 1.48 bits per heavy atom. The van der Waals surface area contributed by atoms with Gasteiger partial charge < -0.3 is 5.32 Å². The predicted molar refractivity (Wildman–Crippen MR) is 103 cm³/mol. The maximum Gasteiger partial charge on any atom is 0.225 e. The van der Waals surface area contributed by atoms with Gasteiger partial charge in [-0.2, -0.15) is 0 Å². The molecule has 0 fully saturated rings. The minimum Gasteiger partial charge on any atom is -0.325 e. The molecule has 0 spiro atoms. The van der Waals surface area contributed by atoms with Gasteiger partial charge >= 0.3 is 0 Å². The van der Waals surface area contributed by atoms with E-state index in [0.717, 1.165) is 16.5 Å². The quantitative estimate of drug-likeness (QED) is 0.494. The van der Waals surface area contributed by atoms with E-state index in [2.05, 4.69) is 72.0 Å². The van der Waals surface area contributed by atoms with Crippen LogP contribution >= 0.6 is 0 Å². The van der Waals surface area contributed by atoms with Crippen LogP contribution in [0.2, 0.25) is 0 Å². The average Bonchev–Trinajstić information content (AvgIpc) is 2.67. The molecule has 1 N–H and O–H groups in total. The Kier molecular flexibility index (Phi) is 3.10. The third-order valence-electron chi connectivity index (χ3n) is 5.17. The molecule has 1 aliphatic heterocycles. The van der Waals surface area contributed by atoms with E-state index in [1.54, 1.807) is 0 Å². The topological polar surface area (TPSA) is 29.1 Å². The SMILES string of the molecule is O=C1C[C@@H](c2ccc3ccccc3c2)c2ccc3ccccc3c2N1. The van der Waals surface area contributed by atoms with Gasteiger partial charge in [0, 0.05) is 17.7 Å². The van der Waals surface area contributed by atoms with Crippen LogP contribution in [0.3, 0.4) is 0 Å². The number of anilines is 1. The summed E-state index contributed by atoms with van der Waals surface area (Å²) in [5, 5.41) is 7.81. The summed E-state index contributed by atoms with van der Waals surface area (Å²) in [7, 11) is 0. The minimum atomic E-state index is 0.0852. The van der Waals surface area contributed by atoms with E-state index < -0.39 is 0 Å². The van der Waals surface area contributed by atoms with Gasteiger partial charge in [-0.3, -0.25) is 4.79 Å². The summed E-state index contributed by atoms with van der Waals surface area (Å²) < 4.78 is 0. The van der Waals surface area contributed by atoms with E-state index >= 15 is 0 Å². The van der Waals surface area contributed by atoms with E-state index in [9.17, 15) is 4.79 Å². The molecular formula is C23H17NO. The van der Waals surface area contributed by atoms with Crippen LogP contribution in [0, 0.1) is 0 Å². The summed E-state index contributed by atoms with van der Waals surface area (Å²) in [6.07, 6.45) is 0.490. The number of hydrogen-bond acceptors (Lipinski definition) is 1. The van der Waals surface area contributed by atoms with Gasteiger partial charge in [-0.1, -0.05) is 78.9 Å². The largest absolute Gasteiger partial charge is 0.325 e. The molecule has 4 aromatic rings. The van der Waals surface area contributed by atoms with Crippen LogP contribution in [-0.4, -0.2) is 5.91 Å². The van der Waals surface area contributed by atoms with Crippen molar-refractivity contribution in [3.8, 4) is 0 Å². The van der Waals surface area contributed by atoms with Crippen LogP contribution in [0.25, 0.3) is 21.5 Å². The fraction of sp³-hybridized carbons (Fsp3) is 0.0870. The Balaban J connectivity index is 1.72. The van der Waals surface area contributed by atoms with Gasteiger partial charge in [-0.15, -0.1) is 0 Å². The van der Waals surface area contributed by atoms with Gasteiger partial charge in [0.05, 0.1) is 5.69 Å². The lowest BCUT2D eigenvalue weighted by molar-refractivity contribution is -0.116. The summed E-state index contributed by atoms with van der Waals surface area (Å²) in [6, 6.07) is 27.4. The zero-order valence-electron chi connectivity index (χ0n) is 13.7. The number of benzene rings is 4. The molecule has 0 radical (unpaired) electrons. The number of rotatable bonds is 1. The molecule has 5 rings (SSSR count). The second-order valence-corrected chi connectivity index (χ2v) is 6.66. The molecule has 2 heteroatoms. The summed E-state index contributed by atoms with van der Waals surface area (Å²) in [4.78, 5) is 12.4. The predicted octanol–water partition coefficient (Wildman–Crippen LogP) is 5.47. The second kappa shape index (κ2) is 5.45. The lowest BCUT2D eigenvalue weighted by atomic mass is 9.83. The maximum atomic E-state index is 12.4. The second-order valence-electron chi connectivity index (χ2n) is 6.66. The highest BCUT2D eigenvalue weighted by Gasteiger charge is 2.27. The highest BCUT2D eigenvalue weighted by atomic mass is 16.1. The van der Waals surface area contributed by atoms with Gasteiger partial charge in [-0.05, 0) is 27.3 Å². The molecule has 0 unspecified atom stereocenters. The lowest BCUT2D eigenvalue weighted by Crippen LogP contribution is -2.23. The van der Waals surface area contributed by atoms with E-state index in [1.165, 1.54) is 21.9 Å². The van der Waals surface area contributed by atoms with Crippen molar-refractivity contribution in [2.75, 3.05) is 5.32 Å². The normalized spacial score (nSPS) is 16.6. The standard InChI is InChI=1S/C23H17NO/c25-22-14-21(18-10-9-15-5-1-2-7-17(15)13-18)20-12-11-16-6-3-4-8-19(16)23(20)24-22/h1-13,21H,14H2,(H,24,25)/t21-/m0/s1. The molecule has 0 saturated heterocycles. The van der Waals surface area contributed by atoms with Crippen molar-refractivity contribution in [1.82, 2.24) is 0 Å². The Morgan fingerprint density at radius 1 is 0.760 bits per heavy atom. The van der Waals surface area contributed by atoms with E-state index in [4.69, 9.17) is 0 Å². The smallest absolute Gasteiger partial charge is 0.225 e. The number of nitrogens with one attached hydrogen (secondary N) is 1. The average molecular weight is 323 g/mol. The monoisotopic (exact) mass is 323 g/mol. The number of fused-ring (bicyclic) bond motifs is 4. The van der Waals surface area contributed by atoms with Crippen molar-refractivity contribution < 1.29 is 4.79 Å². The molecule has 0 bridgehead atoms. The first-order valence-corrected chi connectivity index (χ1v) is 8.60. The maximum absolute atomic E-state index is 12.4. The molecule has 1 heterocycles. The third kappa shape index (κ3) is 2.30. The summed E-state index contributed by atoms with van der Waals surface area (Å²) in [5.74, 6) is 0.181. The van der Waals surface area contributed by atoms with Gasteiger partial charge in [-0.25, -0.2) is 0 Å². The van der Waals surface area contributed by atoms with E-state index in [1.807, 2.05) is 12.1 Å². The van der Waals surface area contributed by atoms with Gasteiger partial charge in [0.2, 0.25) is 5.91 Å². The van der Waals surface area contributed by atoms with Gasteiger partial charge in [0.1, 0.15) is 0 Å². The minimum absolute atomic E-state index is 0.0852. The van der Waals surface area contributed by atoms with Crippen LogP contribution in [0.5, 0.6) is 0 Å². The summed E-state index contributed by atoms with van der Waals surface area (Å²) in [6.45, 7) is 0. The highest BCUT2D eigenvalue weighted by Crippen LogP contribution is 2.41. The van der Waals surface area contributed by atoms with Crippen LogP contribution in [0.1, 0.15) is 23.5 Å². The molecule has 2 nitrogen and oxygen atoms in total. The Labute approximate surface area is 146 Å². The molecule has 1 amide bonds. The third-order valence-corrected chi connectivity index (χ3v) is 5.17. The molecule has 120 valence electrons. The van der Waals surface area contributed by atoms with Crippen molar-refractivity contribution in [1.29, 1.82) is 0 Å². The fourth-order valence-corrected chi connectivity index (χ4v) is 3.93. The van der Waals surface area contributed by atoms with Crippen LogP contribution < -0.4 is 5.32 Å². The highest BCUT2D eigenvalue weighted by molar-refractivity contribution is 6.06. The molecule has 1 atom stereocenters. The van der Waals surface area contributed by atoms with Crippen molar-refractivity contribution in [3.63, 3.8) is 0 Å². The molecule has 0 aliphatic carbocycles. The molecule has 25 heavy (non-hydrogen) atoms. The molecule has 1 aliphatic rings. The van der Waals surface area contributed by atoms with Crippen molar-refractivity contribution >= 4 is 33.1 Å². The van der Waals surface area contributed by atoms with Crippen LogP contribution in [0.15, 0.2) is 78.9 Å². The Bertz CT molecular complexity index is 1130. The van der Waals surface area contributed by atoms with E-state index in [0.29, 0.717) is 6.42 Å². The van der Waals surface area contributed by atoms with Gasteiger partial charge in [0.25, 0.3) is 0 Å². The number of amides is 1.